The summed E-state index contributed by atoms with van der Waals surface area (Å²) in [6.07, 6.45) is 2.04. The van der Waals surface area contributed by atoms with E-state index < -0.39 is 77.7 Å². The SMILES string of the molecule is COc1cnc(O[C@@H]2C[C@@H](C(=O)N[C@]3(C(=O)NS(=O)(=O)C4CC4)C[C@H]3I)N(C(=O)[C@@H](Nc3ccc(S(=O)(=O)NC(C)(C)C)cc3)C(C)(C)C)C2)c2cc(I)ccc12. The van der Waals surface area contributed by atoms with Crippen LogP contribution in [0.15, 0.2) is 53.6 Å². The summed E-state index contributed by atoms with van der Waals surface area (Å²) in [5, 5.41) is 6.94. The molecule has 2 aromatic carbocycles. The zero-order chi connectivity index (χ0) is 41.9. The zero-order valence-corrected chi connectivity index (χ0v) is 38.6. The van der Waals surface area contributed by atoms with Crippen molar-refractivity contribution in [1.82, 2.24) is 24.6 Å². The molecule has 0 bridgehead atoms. The number of likely N-dealkylation sites (tertiary alicyclic amines) is 1. The molecule has 19 heteroatoms. The van der Waals surface area contributed by atoms with E-state index >= 15 is 0 Å². The minimum absolute atomic E-state index is 0.0110. The normalized spacial score (nSPS) is 23.1. The summed E-state index contributed by atoms with van der Waals surface area (Å²) in [6, 6.07) is 9.78. The maximum atomic E-state index is 14.8. The Labute approximate surface area is 360 Å². The van der Waals surface area contributed by atoms with Crippen LogP contribution in [0.5, 0.6) is 11.6 Å². The van der Waals surface area contributed by atoms with Crippen LogP contribution in [0.25, 0.3) is 10.8 Å². The molecule has 1 aromatic heterocycles. The topological polar surface area (TPSA) is 202 Å². The quantitative estimate of drug-likeness (QED) is 0.139. The standard InChI is InChI=1S/C38H48I2N6O9S2/c1-36(2,3)31(42-22-9-11-25(12-10-22)57(52,53)45-37(4,5)6)34(48)46-20-23(55-33-27-16-21(39)8-15-26(27)29(54-7)19-41-33)17-28(46)32(47)43-38(18-30(38)40)35(49)44-56(50,51)24-13-14-24/h8-12,15-16,19,23-24,28,30-31,42,45H,13-14,17-18,20H2,1-7H3,(H,43,47)(H,44,49)/t23-,28+,30-,31-,38-/m1/s1. The van der Waals surface area contributed by atoms with Crippen LogP contribution in [-0.2, 0) is 34.4 Å². The molecule has 4 N–H and O–H groups in total. The van der Waals surface area contributed by atoms with Crippen molar-refractivity contribution in [3.05, 3.63) is 52.2 Å². The lowest BCUT2D eigenvalue weighted by molar-refractivity contribution is -0.141. The van der Waals surface area contributed by atoms with Gasteiger partial charge >= 0.3 is 0 Å². The molecular weight excluding hydrogens is 1000 g/mol. The fourth-order valence-corrected chi connectivity index (χ4v) is 11.2. The molecule has 0 radical (unpaired) electrons. The first kappa shape index (κ1) is 43.6. The summed E-state index contributed by atoms with van der Waals surface area (Å²) in [7, 11) is -6.14. The van der Waals surface area contributed by atoms with Gasteiger partial charge < -0.3 is 25.0 Å². The van der Waals surface area contributed by atoms with E-state index in [0.717, 1.165) is 8.96 Å². The fourth-order valence-electron chi connectivity index (χ4n) is 6.76. The summed E-state index contributed by atoms with van der Waals surface area (Å²) in [5.41, 5.74) is -2.40. The Morgan fingerprint density at radius 2 is 1.63 bits per heavy atom. The second-order valence-corrected chi connectivity index (χ2v) is 23.3. The first-order valence-electron chi connectivity index (χ1n) is 18.5. The molecule has 6 rings (SSSR count). The largest absolute Gasteiger partial charge is 0.494 e. The number of ether oxygens (including phenoxy) is 2. The van der Waals surface area contributed by atoms with Crippen LogP contribution in [0.2, 0.25) is 0 Å². The highest BCUT2D eigenvalue weighted by Gasteiger charge is 2.62. The molecule has 2 saturated carbocycles. The third kappa shape index (κ3) is 9.73. The molecule has 1 saturated heterocycles. The highest BCUT2D eigenvalue weighted by Crippen LogP contribution is 2.45. The van der Waals surface area contributed by atoms with Crippen molar-refractivity contribution >= 4 is 99.4 Å². The van der Waals surface area contributed by atoms with E-state index in [4.69, 9.17) is 9.47 Å². The van der Waals surface area contributed by atoms with Gasteiger partial charge in [0.25, 0.3) is 5.91 Å². The first-order chi connectivity index (χ1) is 26.4. The molecule has 5 atom stereocenters. The van der Waals surface area contributed by atoms with E-state index in [-0.39, 0.29) is 28.2 Å². The maximum Gasteiger partial charge on any atom is 0.260 e. The molecule has 2 heterocycles. The van der Waals surface area contributed by atoms with Crippen molar-refractivity contribution in [2.75, 3.05) is 19.0 Å². The van der Waals surface area contributed by atoms with Gasteiger partial charge in [-0.25, -0.2) is 26.5 Å². The van der Waals surface area contributed by atoms with Gasteiger partial charge in [0.05, 0.1) is 30.0 Å². The number of methoxy groups -OCH3 is 1. The number of pyridine rings is 1. The Hall–Kier alpha value is -3.02. The number of carbonyl (C=O) groups is 3. The number of anilines is 1. The van der Waals surface area contributed by atoms with Crippen LogP contribution in [-0.4, -0.2) is 96.5 Å². The van der Waals surface area contributed by atoms with Gasteiger partial charge in [0, 0.05) is 35.9 Å². The van der Waals surface area contributed by atoms with Gasteiger partial charge in [-0.1, -0.05) is 43.4 Å². The van der Waals surface area contributed by atoms with Gasteiger partial charge in [0.2, 0.25) is 37.7 Å². The van der Waals surface area contributed by atoms with Gasteiger partial charge in [0.1, 0.15) is 29.5 Å². The minimum atomic E-state index is -3.88. The molecule has 2 aliphatic carbocycles. The van der Waals surface area contributed by atoms with Crippen molar-refractivity contribution in [3.8, 4) is 11.6 Å². The van der Waals surface area contributed by atoms with Crippen LogP contribution in [0.4, 0.5) is 5.69 Å². The monoisotopic (exact) mass is 1050 g/mol. The Balaban J connectivity index is 1.30. The van der Waals surface area contributed by atoms with E-state index in [1.807, 2.05) is 61.6 Å². The van der Waals surface area contributed by atoms with Crippen molar-refractivity contribution in [2.24, 2.45) is 5.41 Å². The Morgan fingerprint density at radius 3 is 2.19 bits per heavy atom. The number of benzene rings is 2. The van der Waals surface area contributed by atoms with E-state index in [2.05, 4.69) is 47.7 Å². The van der Waals surface area contributed by atoms with E-state index in [9.17, 15) is 31.2 Å². The molecule has 0 spiro atoms. The fraction of sp³-hybridized carbons (Fsp3) is 0.526. The molecular formula is C38H48I2N6O9S2. The molecule has 3 amide bonds. The predicted molar refractivity (Wildman–Crippen MR) is 232 cm³/mol. The maximum absolute atomic E-state index is 14.8. The van der Waals surface area contributed by atoms with Gasteiger partial charge in [0.15, 0.2) is 0 Å². The van der Waals surface area contributed by atoms with Gasteiger partial charge in [-0.05, 0) is 111 Å². The average Bonchev–Trinajstić information content (AvgIpc) is 4.03. The minimum Gasteiger partial charge on any atom is -0.494 e. The second kappa shape index (κ2) is 15.9. The van der Waals surface area contributed by atoms with Crippen molar-refractivity contribution in [3.63, 3.8) is 0 Å². The number of alkyl halides is 1. The van der Waals surface area contributed by atoms with Gasteiger partial charge in [-0.15, -0.1) is 0 Å². The number of aromatic nitrogens is 1. The van der Waals surface area contributed by atoms with Crippen LogP contribution >= 0.6 is 45.2 Å². The third-order valence-electron chi connectivity index (χ3n) is 9.98. The van der Waals surface area contributed by atoms with E-state index in [1.165, 1.54) is 17.0 Å². The number of carbonyl (C=O) groups excluding carboxylic acids is 3. The number of amides is 3. The van der Waals surface area contributed by atoms with Crippen LogP contribution < -0.4 is 29.6 Å². The molecule has 3 aromatic rings. The van der Waals surface area contributed by atoms with Crippen LogP contribution in [0.1, 0.15) is 67.2 Å². The highest BCUT2D eigenvalue weighted by atomic mass is 127. The average molecular weight is 1050 g/mol. The number of hydrogen-bond donors (Lipinski definition) is 4. The zero-order valence-electron chi connectivity index (χ0n) is 32.7. The Kier molecular flexibility index (Phi) is 12.1. The number of sulfonamides is 2. The lowest BCUT2D eigenvalue weighted by Gasteiger charge is -2.36. The Morgan fingerprint density at radius 1 is 0.982 bits per heavy atom. The molecule has 15 nitrogen and oxygen atoms in total. The summed E-state index contributed by atoms with van der Waals surface area (Å²) in [4.78, 5) is 48.7. The summed E-state index contributed by atoms with van der Waals surface area (Å²) in [6.45, 7) is 10.8. The number of rotatable bonds is 13. The van der Waals surface area contributed by atoms with E-state index in [0.29, 0.717) is 35.5 Å². The number of hydrogen-bond acceptors (Lipinski definition) is 11. The van der Waals surface area contributed by atoms with Gasteiger partial charge in [-0.3, -0.25) is 19.1 Å². The first-order valence-corrected chi connectivity index (χ1v) is 23.8. The van der Waals surface area contributed by atoms with Crippen LogP contribution in [0, 0.1) is 8.99 Å². The van der Waals surface area contributed by atoms with Crippen molar-refractivity contribution < 1.29 is 40.7 Å². The number of fused-ring (bicyclic) bond motifs is 1. The van der Waals surface area contributed by atoms with E-state index in [1.54, 1.807) is 46.2 Å². The summed E-state index contributed by atoms with van der Waals surface area (Å²) in [5.74, 6) is -1.01. The van der Waals surface area contributed by atoms with Gasteiger partial charge in [-0.2, -0.15) is 0 Å². The predicted octanol–water partition coefficient (Wildman–Crippen LogP) is 4.47. The lowest BCUT2D eigenvalue weighted by Crippen LogP contribution is -2.58. The van der Waals surface area contributed by atoms with Crippen LogP contribution in [0.3, 0.4) is 0 Å². The molecule has 0 unspecified atom stereocenters. The van der Waals surface area contributed by atoms with Crippen molar-refractivity contribution in [1.29, 1.82) is 0 Å². The third-order valence-corrected chi connectivity index (χ3v) is 15.7. The Bertz CT molecular complexity index is 2300. The second-order valence-electron chi connectivity index (χ2n) is 16.9. The molecule has 3 fully saturated rings. The summed E-state index contributed by atoms with van der Waals surface area (Å²) < 4.78 is 68.7. The molecule has 57 heavy (non-hydrogen) atoms. The molecule has 1 aliphatic heterocycles. The number of nitrogens with zero attached hydrogens (tertiary/aromatic N) is 2. The number of halogens is 2. The highest BCUT2D eigenvalue weighted by molar-refractivity contribution is 14.1. The smallest absolute Gasteiger partial charge is 0.260 e. The number of nitrogens with one attached hydrogen (secondary N) is 4. The molecule has 310 valence electrons. The summed E-state index contributed by atoms with van der Waals surface area (Å²) >= 11 is 4.21. The molecule has 3 aliphatic rings. The lowest BCUT2D eigenvalue weighted by atomic mass is 9.85. The van der Waals surface area contributed by atoms with Crippen molar-refractivity contribution in [2.45, 2.75) is 111 Å².